The van der Waals surface area contributed by atoms with E-state index in [0.29, 0.717) is 0 Å². The summed E-state index contributed by atoms with van der Waals surface area (Å²) in [6.07, 6.45) is -1.19. The van der Waals surface area contributed by atoms with Crippen LogP contribution < -0.4 is 5.32 Å². The molecule has 0 aliphatic carbocycles. The number of carbonyl (C=O) groups is 2. The minimum Gasteiger partial charge on any atom is -0.430 e. The molecule has 0 aromatic carbocycles. The molecule has 0 bridgehead atoms. The van der Waals surface area contributed by atoms with Crippen molar-refractivity contribution in [2.45, 2.75) is 10.0 Å². The lowest BCUT2D eigenvalue weighted by Gasteiger charge is -2.16. The molecule has 62 valence electrons. The maximum absolute atomic E-state index is 10.5. The van der Waals surface area contributed by atoms with Gasteiger partial charge in [-0.05, 0) is 0 Å². The molecule has 1 heterocycles. The summed E-state index contributed by atoms with van der Waals surface area (Å²) in [7, 11) is 0. The summed E-state index contributed by atoms with van der Waals surface area (Å²) in [6.45, 7) is 0. The van der Waals surface area contributed by atoms with Crippen molar-refractivity contribution in [1.29, 1.82) is 0 Å². The largest absolute Gasteiger partial charge is 0.430 e. The summed E-state index contributed by atoms with van der Waals surface area (Å²) in [4.78, 5) is 20.9. The number of hydrogen-bond acceptors (Lipinski definition) is 3. The maximum Gasteiger partial charge on any atom is 0.398 e. The van der Waals surface area contributed by atoms with Gasteiger partial charge in [-0.15, -0.1) is 0 Å². The Morgan fingerprint density at radius 3 is 2.09 bits per heavy atom. The highest BCUT2D eigenvalue weighted by Gasteiger charge is 2.44. The van der Waals surface area contributed by atoms with Crippen LogP contribution in [0.2, 0.25) is 0 Å². The van der Waals surface area contributed by atoms with Gasteiger partial charge in [-0.25, -0.2) is 4.79 Å². The smallest absolute Gasteiger partial charge is 0.398 e. The molecular formula is C4H2Cl3NO3. The van der Waals surface area contributed by atoms with E-state index in [0.717, 1.165) is 0 Å². The van der Waals surface area contributed by atoms with Crippen LogP contribution in [0.1, 0.15) is 0 Å². The van der Waals surface area contributed by atoms with E-state index in [9.17, 15) is 9.59 Å². The zero-order valence-electron chi connectivity index (χ0n) is 4.94. The van der Waals surface area contributed by atoms with E-state index in [-0.39, 0.29) is 0 Å². The van der Waals surface area contributed by atoms with E-state index < -0.39 is 21.9 Å². The van der Waals surface area contributed by atoms with Crippen molar-refractivity contribution in [2.24, 2.45) is 0 Å². The molecule has 1 aliphatic rings. The van der Waals surface area contributed by atoms with Gasteiger partial charge in [0.25, 0.3) is 0 Å². The molecule has 1 fully saturated rings. The van der Waals surface area contributed by atoms with E-state index in [1.54, 1.807) is 0 Å². The van der Waals surface area contributed by atoms with E-state index in [2.05, 4.69) is 4.74 Å². The van der Waals surface area contributed by atoms with Crippen LogP contribution in [0.4, 0.5) is 0 Å². The SMILES string of the molecule is O=C1NC(C(Cl)(Cl)Cl)OC1=O. The first kappa shape index (κ1) is 8.90. The van der Waals surface area contributed by atoms with Crippen LogP contribution in [-0.2, 0) is 14.3 Å². The molecule has 0 aromatic heterocycles. The topological polar surface area (TPSA) is 55.4 Å². The highest BCUT2D eigenvalue weighted by molar-refractivity contribution is 6.68. The predicted octanol–water partition coefficient (Wildman–Crippen LogP) is 0.356. The van der Waals surface area contributed by atoms with Gasteiger partial charge in [-0.2, -0.15) is 0 Å². The van der Waals surface area contributed by atoms with Crippen LogP contribution in [0.5, 0.6) is 0 Å². The third-order valence-electron chi connectivity index (χ3n) is 0.970. The quantitative estimate of drug-likeness (QED) is 0.363. The lowest BCUT2D eigenvalue weighted by atomic mass is 10.6. The lowest BCUT2D eigenvalue weighted by Crippen LogP contribution is -2.37. The second kappa shape index (κ2) is 2.69. The molecule has 1 rings (SSSR count). The number of nitrogens with one attached hydrogen (secondary N) is 1. The van der Waals surface area contributed by atoms with Crippen LogP contribution in [-0.4, -0.2) is 21.9 Å². The Morgan fingerprint density at radius 2 is 1.91 bits per heavy atom. The first-order chi connectivity index (χ1) is 4.91. The lowest BCUT2D eigenvalue weighted by molar-refractivity contribution is -0.148. The highest BCUT2D eigenvalue weighted by Crippen LogP contribution is 2.32. The average Bonchev–Trinajstić information content (AvgIpc) is 2.11. The molecule has 0 saturated carbocycles. The Kier molecular flexibility index (Phi) is 2.18. The van der Waals surface area contributed by atoms with Gasteiger partial charge in [0, 0.05) is 0 Å². The molecule has 11 heavy (non-hydrogen) atoms. The Hall–Kier alpha value is -0.190. The van der Waals surface area contributed by atoms with Crippen LogP contribution in [0.25, 0.3) is 0 Å². The van der Waals surface area contributed by atoms with Crippen molar-refractivity contribution in [2.75, 3.05) is 0 Å². The molecule has 4 nitrogen and oxygen atoms in total. The van der Waals surface area contributed by atoms with Crippen molar-refractivity contribution in [3.05, 3.63) is 0 Å². The second-order valence-electron chi connectivity index (χ2n) is 1.80. The molecule has 1 amide bonds. The summed E-state index contributed by atoms with van der Waals surface area (Å²) in [5, 5.41) is 2.04. The Bertz CT molecular complexity index is 195. The third-order valence-corrected chi connectivity index (χ3v) is 1.56. The minimum absolute atomic E-state index is 0.902. The van der Waals surface area contributed by atoms with E-state index in [1.807, 2.05) is 5.32 Å². The van der Waals surface area contributed by atoms with Crippen molar-refractivity contribution < 1.29 is 14.3 Å². The first-order valence-corrected chi connectivity index (χ1v) is 3.63. The summed E-state index contributed by atoms with van der Waals surface area (Å²) in [5.41, 5.74) is 0. The van der Waals surface area contributed by atoms with Gasteiger partial charge in [-0.3, -0.25) is 4.79 Å². The van der Waals surface area contributed by atoms with E-state index in [1.165, 1.54) is 0 Å². The van der Waals surface area contributed by atoms with Crippen molar-refractivity contribution in [3.63, 3.8) is 0 Å². The Labute approximate surface area is 76.7 Å². The summed E-state index contributed by atoms with van der Waals surface area (Å²) in [6, 6.07) is 0. The summed E-state index contributed by atoms with van der Waals surface area (Å²) >= 11 is 15.9. The van der Waals surface area contributed by atoms with Crippen molar-refractivity contribution >= 4 is 46.7 Å². The first-order valence-electron chi connectivity index (χ1n) is 2.49. The standard InChI is InChI=1S/C4H2Cl3NO3/c5-4(6,7)3-8-1(9)2(10)11-3/h3H,(H,8,9). The molecule has 1 aliphatic heterocycles. The molecule has 0 aromatic rings. The predicted molar refractivity (Wildman–Crippen MR) is 38.3 cm³/mol. The van der Waals surface area contributed by atoms with Gasteiger partial charge < -0.3 is 10.1 Å². The van der Waals surface area contributed by atoms with Gasteiger partial charge in [0.15, 0.2) is 0 Å². The number of alkyl halides is 3. The monoisotopic (exact) mass is 217 g/mol. The fourth-order valence-electron chi connectivity index (χ4n) is 0.517. The molecule has 1 N–H and O–H groups in total. The van der Waals surface area contributed by atoms with Crippen LogP contribution in [0.3, 0.4) is 0 Å². The Morgan fingerprint density at radius 1 is 1.36 bits per heavy atom. The Balaban J connectivity index is 2.68. The maximum atomic E-state index is 10.5. The van der Waals surface area contributed by atoms with Crippen LogP contribution in [0.15, 0.2) is 0 Å². The summed E-state index contributed by atoms with van der Waals surface area (Å²) in [5.74, 6) is -1.94. The number of carbonyl (C=O) groups excluding carboxylic acids is 2. The zero-order chi connectivity index (χ0) is 8.65. The molecular weight excluding hydrogens is 216 g/mol. The number of ether oxygens (including phenoxy) is 1. The molecule has 1 atom stereocenters. The number of amides is 1. The van der Waals surface area contributed by atoms with Gasteiger partial charge in [0.2, 0.25) is 10.0 Å². The van der Waals surface area contributed by atoms with E-state index in [4.69, 9.17) is 34.8 Å². The number of cyclic esters (lactones) is 1. The number of halogens is 3. The second-order valence-corrected chi connectivity index (χ2v) is 4.17. The fraction of sp³-hybridized carbons (Fsp3) is 0.500. The normalized spacial score (nSPS) is 24.8. The van der Waals surface area contributed by atoms with Crippen LogP contribution in [0, 0.1) is 0 Å². The summed E-state index contributed by atoms with van der Waals surface area (Å²) < 4.78 is 2.52. The van der Waals surface area contributed by atoms with Crippen molar-refractivity contribution in [1.82, 2.24) is 5.32 Å². The van der Waals surface area contributed by atoms with Crippen LogP contribution >= 0.6 is 34.8 Å². The molecule has 1 saturated heterocycles. The van der Waals surface area contributed by atoms with Gasteiger partial charge >= 0.3 is 11.9 Å². The molecule has 1 unspecified atom stereocenters. The van der Waals surface area contributed by atoms with E-state index >= 15 is 0 Å². The van der Waals surface area contributed by atoms with Gasteiger partial charge in [-0.1, -0.05) is 34.8 Å². The fourth-order valence-corrected chi connectivity index (χ4v) is 0.814. The average molecular weight is 218 g/mol. The zero-order valence-corrected chi connectivity index (χ0v) is 7.20. The molecule has 0 spiro atoms. The van der Waals surface area contributed by atoms with Crippen molar-refractivity contribution in [3.8, 4) is 0 Å². The number of hydrogen-bond donors (Lipinski definition) is 1. The van der Waals surface area contributed by atoms with Gasteiger partial charge in [0.05, 0.1) is 0 Å². The minimum atomic E-state index is -1.82. The molecule has 0 radical (unpaired) electrons. The highest BCUT2D eigenvalue weighted by atomic mass is 35.6. The number of esters is 1. The molecule has 7 heteroatoms. The third kappa shape index (κ3) is 1.89. The van der Waals surface area contributed by atoms with Gasteiger partial charge in [0.1, 0.15) is 0 Å². The number of rotatable bonds is 0.